The van der Waals surface area contributed by atoms with Crippen molar-refractivity contribution in [2.24, 2.45) is 0 Å². The number of nitrogens with two attached hydrogens (primary N) is 1. The van der Waals surface area contributed by atoms with Crippen LogP contribution in [0.25, 0.3) is 0 Å². The Morgan fingerprint density at radius 3 is 2.43 bits per heavy atom. The summed E-state index contributed by atoms with van der Waals surface area (Å²) >= 11 is 0. The maximum Gasteiger partial charge on any atom is 0.261 e. The molecule has 0 aliphatic rings. The molecule has 0 aliphatic carbocycles. The molecule has 1 amide bonds. The van der Waals surface area contributed by atoms with E-state index in [1.165, 1.54) is 12.0 Å². The molecule has 0 fully saturated rings. The van der Waals surface area contributed by atoms with Crippen LogP contribution in [0.1, 0.15) is 10.4 Å². The molecule has 0 saturated carbocycles. The van der Waals surface area contributed by atoms with Gasteiger partial charge in [0.1, 0.15) is 11.5 Å². The van der Waals surface area contributed by atoms with E-state index in [1.807, 2.05) is 12.1 Å². The Morgan fingerprint density at radius 2 is 1.81 bits per heavy atom. The predicted molar refractivity (Wildman–Crippen MR) is 83.1 cm³/mol. The number of methoxy groups -OCH3 is 2. The van der Waals surface area contributed by atoms with Crippen molar-refractivity contribution in [3.8, 4) is 11.5 Å². The van der Waals surface area contributed by atoms with Gasteiger partial charge in [-0.05, 0) is 24.3 Å². The summed E-state index contributed by atoms with van der Waals surface area (Å²) in [6.07, 6.45) is 0. The van der Waals surface area contributed by atoms with Crippen molar-refractivity contribution in [3.63, 3.8) is 0 Å². The first-order valence-electron chi connectivity index (χ1n) is 6.43. The van der Waals surface area contributed by atoms with Gasteiger partial charge in [0, 0.05) is 13.1 Å². The van der Waals surface area contributed by atoms with Crippen molar-refractivity contribution in [1.29, 1.82) is 0 Å². The lowest BCUT2D eigenvalue weighted by atomic mass is 10.1. The molecule has 0 heterocycles. The third-order valence-corrected chi connectivity index (χ3v) is 3.24. The van der Waals surface area contributed by atoms with Crippen LogP contribution in [0.4, 0.5) is 11.4 Å². The summed E-state index contributed by atoms with van der Waals surface area (Å²) in [6, 6.07) is 12.3. The molecule has 0 radical (unpaired) electrons. The molecule has 2 aromatic carbocycles. The average molecular weight is 286 g/mol. The molecule has 0 unspecified atom stereocenters. The van der Waals surface area contributed by atoms with Gasteiger partial charge in [0.2, 0.25) is 0 Å². The van der Waals surface area contributed by atoms with Crippen LogP contribution >= 0.6 is 0 Å². The first-order chi connectivity index (χ1) is 10.1. The summed E-state index contributed by atoms with van der Waals surface area (Å²) in [6.45, 7) is 0. The van der Waals surface area contributed by atoms with E-state index in [1.54, 1.807) is 44.5 Å². The minimum Gasteiger partial charge on any atom is -0.497 e. The molecule has 5 nitrogen and oxygen atoms in total. The molecule has 2 N–H and O–H groups in total. The second kappa shape index (κ2) is 6.17. The summed E-state index contributed by atoms with van der Waals surface area (Å²) in [4.78, 5) is 14.1. The third-order valence-electron chi connectivity index (χ3n) is 3.24. The first kappa shape index (κ1) is 14.7. The van der Waals surface area contributed by atoms with Crippen LogP contribution in [0.15, 0.2) is 42.5 Å². The Balaban J connectivity index is 2.38. The Labute approximate surface area is 123 Å². The van der Waals surface area contributed by atoms with Gasteiger partial charge in [-0.15, -0.1) is 0 Å². The molecule has 0 spiro atoms. The normalized spacial score (nSPS) is 10.0. The van der Waals surface area contributed by atoms with E-state index in [2.05, 4.69) is 0 Å². The van der Waals surface area contributed by atoms with Gasteiger partial charge < -0.3 is 20.1 Å². The number of nitrogen functional groups attached to an aromatic ring is 1. The summed E-state index contributed by atoms with van der Waals surface area (Å²) in [5.74, 6) is 0.887. The van der Waals surface area contributed by atoms with E-state index < -0.39 is 0 Å². The van der Waals surface area contributed by atoms with Gasteiger partial charge in [-0.1, -0.05) is 12.1 Å². The van der Waals surface area contributed by atoms with Gasteiger partial charge in [-0.3, -0.25) is 4.79 Å². The van der Waals surface area contributed by atoms with E-state index in [0.29, 0.717) is 28.4 Å². The van der Waals surface area contributed by atoms with Crippen LogP contribution in [0, 0.1) is 0 Å². The van der Waals surface area contributed by atoms with Gasteiger partial charge in [0.15, 0.2) is 0 Å². The fourth-order valence-electron chi connectivity index (χ4n) is 2.06. The van der Waals surface area contributed by atoms with Gasteiger partial charge >= 0.3 is 0 Å². The largest absolute Gasteiger partial charge is 0.497 e. The second-order valence-electron chi connectivity index (χ2n) is 4.49. The molecule has 2 aromatic rings. The first-order valence-corrected chi connectivity index (χ1v) is 6.43. The Kier molecular flexibility index (Phi) is 4.33. The van der Waals surface area contributed by atoms with Crippen molar-refractivity contribution in [2.45, 2.75) is 0 Å². The molecular formula is C16H18N2O3. The number of hydrogen-bond acceptors (Lipinski definition) is 4. The quantitative estimate of drug-likeness (QED) is 0.877. The summed E-state index contributed by atoms with van der Waals surface area (Å²) in [5, 5.41) is 0. The average Bonchev–Trinajstić information content (AvgIpc) is 2.53. The van der Waals surface area contributed by atoms with Crippen LogP contribution in [0.2, 0.25) is 0 Å². The van der Waals surface area contributed by atoms with E-state index in [0.717, 1.165) is 0 Å². The highest BCUT2D eigenvalue weighted by Gasteiger charge is 2.19. The van der Waals surface area contributed by atoms with Crippen LogP contribution < -0.4 is 20.1 Å². The number of amides is 1. The maximum atomic E-state index is 12.6. The summed E-state index contributed by atoms with van der Waals surface area (Å²) in [7, 11) is 4.76. The number of rotatable bonds is 4. The zero-order valence-electron chi connectivity index (χ0n) is 12.3. The van der Waals surface area contributed by atoms with Crippen LogP contribution in [-0.4, -0.2) is 27.2 Å². The molecule has 21 heavy (non-hydrogen) atoms. The lowest BCUT2D eigenvalue weighted by molar-refractivity contribution is 0.0990. The van der Waals surface area contributed by atoms with Crippen molar-refractivity contribution < 1.29 is 14.3 Å². The number of hydrogen-bond donors (Lipinski definition) is 1. The highest BCUT2D eigenvalue weighted by Crippen LogP contribution is 2.28. The Bertz CT molecular complexity index is 656. The third kappa shape index (κ3) is 2.91. The van der Waals surface area contributed by atoms with E-state index in [9.17, 15) is 4.79 Å². The second-order valence-corrected chi connectivity index (χ2v) is 4.49. The summed E-state index contributed by atoms with van der Waals surface area (Å²) in [5.41, 5.74) is 7.55. The number of ether oxygens (including phenoxy) is 2. The van der Waals surface area contributed by atoms with Crippen molar-refractivity contribution in [2.75, 3.05) is 31.9 Å². The van der Waals surface area contributed by atoms with Gasteiger partial charge in [0.05, 0.1) is 31.2 Å². The zero-order chi connectivity index (χ0) is 15.4. The van der Waals surface area contributed by atoms with Crippen molar-refractivity contribution in [1.82, 2.24) is 0 Å². The highest BCUT2D eigenvalue weighted by molar-refractivity contribution is 6.09. The number of carbonyl (C=O) groups excluding carboxylic acids is 1. The number of anilines is 2. The molecule has 0 atom stereocenters. The minimum atomic E-state index is -0.201. The summed E-state index contributed by atoms with van der Waals surface area (Å²) < 4.78 is 10.4. The number of benzene rings is 2. The lowest BCUT2D eigenvalue weighted by Gasteiger charge is -2.20. The number of para-hydroxylation sites is 2. The van der Waals surface area contributed by atoms with Crippen molar-refractivity contribution >= 4 is 17.3 Å². The van der Waals surface area contributed by atoms with Crippen LogP contribution in [0.5, 0.6) is 11.5 Å². The van der Waals surface area contributed by atoms with Crippen LogP contribution in [-0.2, 0) is 0 Å². The molecule has 2 rings (SSSR count). The fourth-order valence-corrected chi connectivity index (χ4v) is 2.06. The van der Waals surface area contributed by atoms with E-state index in [-0.39, 0.29) is 5.91 Å². The molecule has 0 aromatic heterocycles. The maximum absolute atomic E-state index is 12.6. The predicted octanol–water partition coefficient (Wildman–Crippen LogP) is 2.56. The van der Waals surface area contributed by atoms with Crippen molar-refractivity contribution in [3.05, 3.63) is 48.0 Å². The smallest absolute Gasteiger partial charge is 0.261 e. The molecular weight excluding hydrogens is 268 g/mol. The highest BCUT2D eigenvalue weighted by atomic mass is 16.5. The molecule has 110 valence electrons. The van der Waals surface area contributed by atoms with Gasteiger partial charge in [-0.2, -0.15) is 0 Å². The SMILES string of the molecule is COc1ccc(C(=O)N(C)c2ccccc2N)c(OC)c1. The molecule has 0 aliphatic heterocycles. The van der Waals surface area contributed by atoms with Gasteiger partial charge in [0.25, 0.3) is 5.91 Å². The molecule has 0 saturated heterocycles. The Morgan fingerprint density at radius 1 is 1.10 bits per heavy atom. The molecule has 0 bridgehead atoms. The zero-order valence-corrected chi connectivity index (χ0v) is 12.3. The number of nitrogens with zero attached hydrogens (tertiary/aromatic N) is 1. The standard InChI is InChI=1S/C16H18N2O3/c1-18(14-7-5-4-6-13(14)17)16(19)12-9-8-11(20-2)10-15(12)21-3/h4-10H,17H2,1-3H3. The van der Waals surface area contributed by atoms with E-state index >= 15 is 0 Å². The molecule has 5 heteroatoms. The number of carbonyl (C=O) groups is 1. The Hall–Kier alpha value is -2.69. The van der Waals surface area contributed by atoms with Crippen LogP contribution in [0.3, 0.4) is 0 Å². The monoisotopic (exact) mass is 286 g/mol. The topological polar surface area (TPSA) is 64.8 Å². The minimum absolute atomic E-state index is 0.201. The van der Waals surface area contributed by atoms with E-state index in [4.69, 9.17) is 15.2 Å². The van der Waals surface area contributed by atoms with Gasteiger partial charge in [-0.25, -0.2) is 0 Å². The fraction of sp³-hybridized carbons (Fsp3) is 0.188. The lowest BCUT2D eigenvalue weighted by Crippen LogP contribution is -2.27.